The number of carboxylic acid groups (broad SMARTS) is 2. The van der Waals surface area contributed by atoms with Crippen LogP contribution < -0.4 is 5.73 Å². The molecule has 1 unspecified atom stereocenters. The molecular weight excluding hydrogens is 232 g/mol. The van der Waals surface area contributed by atoms with Crippen LogP contribution in [0.3, 0.4) is 0 Å². The molecule has 0 fully saturated rings. The Hall–Kier alpha value is -1.83. The number of carbonyl (C=O) groups is 3. The Bertz CT molecular complexity index is 293. The van der Waals surface area contributed by atoms with Crippen LogP contribution in [0.4, 0.5) is 4.79 Å². The molecule has 0 saturated carbocycles. The Kier molecular flexibility index (Phi) is 6.64. The quantitative estimate of drug-likeness (QED) is 0.544. The Morgan fingerprint density at radius 1 is 1.35 bits per heavy atom. The summed E-state index contributed by atoms with van der Waals surface area (Å²) in [5.41, 5.74) is 5.22. The maximum atomic E-state index is 11.4. The highest BCUT2D eigenvalue weighted by Gasteiger charge is 2.31. The van der Waals surface area contributed by atoms with Crippen molar-refractivity contribution in [1.82, 2.24) is 4.90 Å². The summed E-state index contributed by atoms with van der Waals surface area (Å²) in [4.78, 5) is 33.6. The first-order valence-corrected chi connectivity index (χ1v) is 5.02. The average Bonchev–Trinajstić information content (AvgIpc) is 2.22. The summed E-state index contributed by atoms with van der Waals surface area (Å²) in [6.45, 7) is 0.849. The first-order valence-electron chi connectivity index (χ1n) is 5.02. The number of carboxylic acids is 2. The van der Waals surface area contributed by atoms with Crippen molar-refractivity contribution in [3.63, 3.8) is 0 Å². The van der Waals surface area contributed by atoms with Crippen LogP contribution in [-0.2, 0) is 14.3 Å². The zero-order valence-electron chi connectivity index (χ0n) is 9.46. The van der Waals surface area contributed by atoms with Gasteiger partial charge < -0.3 is 20.7 Å². The fraction of sp³-hybridized carbons (Fsp3) is 0.667. The number of amides is 1. The molecule has 1 amide bonds. The van der Waals surface area contributed by atoms with Crippen molar-refractivity contribution < 1.29 is 29.3 Å². The zero-order valence-corrected chi connectivity index (χ0v) is 9.46. The van der Waals surface area contributed by atoms with Gasteiger partial charge in [-0.15, -0.1) is 0 Å². The van der Waals surface area contributed by atoms with Crippen LogP contribution in [0.1, 0.15) is 13.3 Å². The number of aliphatic carboxylic acids is 2. The SMILES string of the molecule is CCOC(=O)N(CC(=O)O)C(CCN)C(=O)O. The van der Waals surface area contributed by atoms with E-state index < -0.39 is 30.6 Å². The molecule has 0 saturated heterocycles. The fourth-order valence-corrected chi connectivity index (χ4v) is 1.22. The largest absolute Gasteiger partial charge is 0.480 e. The molecule has 98 valence electrons. The van der Waals surface area contributed by atoms with Crippen LogP contribution in [0.25, 0.3) is 0 Å². The normalized spacial score (nSPS) is 11.6. The van der Waals surface area contributed by atoms with Crippen LogP contribution in [0.15, 0.2) is 0 Å². The van der Waals surface area contributed by atoms with Gasteiger partial charge in [-0.25, -0.2) is 9.59 Å². The van der Waals surface area contributed by atoms with Gasteiger partial charge in [0.05, 0.1) is 6.61 Å². The molecule has 0 bridgehead atoms. The number of nitrogens with two attached hydrogens (primary N) is 1. The average molecular weight is 248 g/mol. The highest BCUT2D eigenvalue weighted by atomic mass is 16.6. The van der Waals surface area contributed by atoms with Gasteiger partial charge in [0.15, 0.2) is 0 Å². The summed E-state index contributed by atoms with van der Waals surface area (Å²) in [7, 11) is 0. The maximum absolute atomic E-state index is 11.4. The molecule has 17 heavy (non-hydrogen) atoms. The van der Waals surface area contributed by atoms with Crippen LogP contribution in [-0.4, -0.2) is 58.9 Å². The van der Waals surface area contributed by atoms with Gasteiger partial charge in [-0.3, -0.25) is 9.69 Å². The van der Waals surface area contributed by atoms with Gasteiger partial charge in [0.25, 0.3) is 0 Å². The van der Waals surface area contributed by atoms with Crippen molar-refractivity contribution >= 4 is 18.0 Å². The van der Waals surface area contributed by atoms with Crippen LogP contribution >= 0.6 is 0 Å². The lowest BCUT2D eigenvalue weighted by molar-refractivity contribution is -0.145. The van der Waals surface area contributed by atoms with Gasteiger partial charge in [-0.05, 0) is 19.9 Å². The molecule has 4 N–H and O–H groups in total. The molecule has 8 heteroatoms. The lowest BCUT2D eigenvalue weighted by Gasteiger charge is -2.26. The fourth-order valence-electron chi connectivity index (χ4n) is 1.22. The molecule has 0 rings (SSSR count). The van der Waals surface area contributed by atoms with E-state index in [9.17, 15) is 14.4 Å². The van der Waals surface area contributed by atoms with Gasteiger partial charge in [0.2, 0.25) is 0 Å². The molecule has 0 aliphatic carbocycles. The maximum Gasteiger partial charge on any atom is 0.411 e. The van der Waals surface area contributed by atoms with E-state index in [1.807, 2.05) is 0 Å². The number of rotatable bonds is 7. The molecule has 0 aromatic carbocycles. The minimum Gasteiger partial charge on any atom is -0.480 e. The molecule has 0 aliphatic heterocycles. The highest BCUT2D eigenvalue weighted by Crippen LogP contribution is 2.07. The van der Waals surface area contributed by atoms with Crippen LogP contribution in [0, 0.1) is 0 Å². The first kappa shape index (κ1) is 15.2. The summed E-state index contributed by atoms with van der Waals surface area (Å²) >= 11 is 0. The molecule has 0 aromatic heterocycles. The van der Waals surface area contributed by atoms with Gasteiger partial charge >= 0.3 is 18.0 Å². The van der Waals surface area contributed by atoms with E-state index in [1.165, 1.54) is 6.92 Å². The van der Waals surface area contributed by atoms with Gasteiger partial charge in [-0.2, -0.15) is 0 Å². The minimum absolute atomic E-state index is 0.0203. The summed E-state index contributed by atoms with van der Waals surface area (Å²) < 4.78 is 4.60. The van der Waals surface area contributed by atoms with Crippen LogP contribution in [0.5, 0.6) is 0 Å². The first-order chi connectivity index (χ1) is 7.93. The summed E-state index contributed by atoms with van der Waals surface area (Å²) in [6, 6.07) is -1.30. The van der Waals surface area contributed by atoms with Crippen LogP contribution in [0.2, 0.25) is 0 Å². The van der Waals surface area contributed by atoms with E-state index in [0.717, 1.165) is 0 Å². The van der Waals surface area contributed by atoms with E-state index in [4.69, 9.17) is 15.9 Å². The third kappa shape index (κ3) is 5.16. The molecule has 0 spiro atoms. The van der Waals surface area contributed by atoms with E-state index in [0.29, 0.717) is 4.90 Å². The molecule has 0 aliphatic rings. The third-order valence-electron chi connectivity index (χ3n) is 1.91. The Balaban J connectivity index is 4.90. The summed E-state index contributed by atoms with van der Waals surface area (Å²) in [5.74, 6) is -2.63. The standard InChI is InChI=1S/C9H16N2O6/c1-2-17-9(16)11(5-7(12)13)6(3-4-10)8(14)15/h6H,2-5,10H2,1H3,(H,12,13)(H,14,15). The second kappa shape index (κ2) is 7.44. The lowest BCUT2D eigenvalue weighted by Crippen LogP contribution is -2.48. The number of carbonyl (C=O) groups excluding carboxylic acids is 1. The summed E-state index contributed by atoms with van der Waals surface area (Å²) in [5, 5.41) is 17.5. The lowest BCUT2D eigenvalue weighted by atomic mass is 10.2. The molecule has 0 heterocycles. The van der Waals surface area contributed by atoms with E-state index in [1.54, 1.807) is 0 Å². The van der Waals surface area contributed by atoms with Crippen molar-refractivity contribution in [3.05, 3.63) is 0 Å². The van der Waals surface area contributed by atoms with Crippen molar-refractivity contribution in [2.24, 2.45) is 5.73 Å². The Morgan fingerprint density at radius 2 is 1.94 bits per heavy atom. The van der Waals surface area contributed by atoms with Crippen molar-refractivity contribution in [2.75, 3.05) is 19.7 Å². The summed E-state index contributed by atoms with van der Waals surface area (Å²) in [6.07, 6.45) is -1.02. The van der Waals surface area contributed by atoms with Crippen molar-refractivity contribution in [3.8, 4) is 0 Å². The predicted molar refractivity (Wildman–Crippen MR) is 56.5 cm³/mol. The van der Waals surface area contributed by atoms with Crippen molar-refractivity contribution in [2.45, 2.75) is 19.4 Å². The highest BCUT2D eigenvalue weighted by molar-refractivity contribution is 5.83. The topological polar surface area (TPSA) is 130 Å². The predicted octanol–water partition coefficient (Wildman–Crippen LogP) is -0.668. The third-order valence-corrected chi connectivity index (χ3v) is 1.91. The van der Waals surface area contributed by atoms with Crippen molar-refractivity contribution in [1.29, 1.82) is 0 Å². The zero-order chi connectivity index (χ0) is 13.4. The minimum atomic E-state index is -1.32. The number of ether oxygens (including phenoxy) is 1. The molecular formula is C9H16N2O6. The molecule has 0 radical (unpaired) electrons. The monoisotopic (exact) mass is 248 g/mol. The second-order valence-corrected chi connectivity index (χ2v) is 3.15. The number of hydrogen-bond acceptors (Lipinski definition) is 5. The molecule has 0 aromatic rings. The second-order valence-electron chi connectivity index (χ2n) is 3.15. The van der Waals surface area contributed by atoms with Gasteiger partial charge in [0, 0.05) is 0 Å². The molecule has 8 nitrogen and oxygen atoms in total. The smallest absolute Gasteiger partial charge is 0.411 e. The van der Waals surface area contributed by atoms with Gasteiger partial charge in [-0.1, -0.05) is 0 Å². The number of hydrogen-bond donors (Lipinski definition) is 3. The number of nitrogens with zero attached hydrogens (tertiary/aromatic N) is 1. The van der Waals surface area contributed by atoms with E-state index in [2.05, 4.69) is 4.74 Å². The van der Waals surface area contributed by atoms with E-state index >= 15 is 0 Å². The Labute approximate surface area is 97.9 Å². The molecule has 1 atom stereocenters. The Morgan fingerprint density at radius 3 is 2.29 bits per heavy atom. The van der Waals surface area contributed by atoms with E-state index in [-0.39, 0.29) is 19.6 Å². The van der Waals surface area contributed by atoms with Gasteiger partial charge in [0.1, 0.15) is 12.6 Å².